The van der Waals surface area contributed by atoms with Gasteiger partial charge in [-0.3, -0.25) is 0 Å². The fourth-order valence-corrected chi connectivity index (χ4v) is 3.09. The summed E-state index contributed by atoms with van der Waals surface area (Å²) in [7, 11) is 1.38. The zero-order chi connectivity index (χ0) is 20.1. The molecule has 0 spiro atoms. The van der Waals surface area contributed by atoms with Crippen molar-refractivity contribution >= 4 is 5.97 Å². The highest BCUT2D eigenvalue weighted by atomic mass is 19.1. The van der Waals surface area contributed by atoms with Gasteiger partial charge in [0.1, 0.15) is 5.82 Å². The average Bonchev–Trinajstić information content (AvgIpc) is 2.70. The number of aliphatic carboxylic acids is 1. The molecule has 3 aromatic rings. The molecule has 28 heavy (non-hydrogen) atoms. The number of aromatic nitrogens is 2. The number of benzene rings is 2. The number of aryl methyl sites for hydroxylation is 1. The van der Waals surface area contributed by atoms with Gasteiger partial charge >= 0.3 is 12.0 Å². The molecule has 0 radical (unpaired) electrons. The molecule has 6 nitrogen and oxygen atoms in total. The Kier molecular flexibility index (Phi) is 5.65. The lowest BCUT2D eigenvalue weighted by Crippen LogP contribution is -2.50. The lowest BCUT2D eigenvalue weighted by molar-refractivity contribution is -0.160. The molecule has 0 saturated heterocycles. The first-order valence-corrected chi connectivity index (χ1v) is 8.53. The molecular weight excluding hydrogens is 363 g/mol. The second kappa shape index (κ2) is 8.14. The number of carbonyl (C=O) groups is 1. The normalized spacial score (nSPS) is 14.1. The van der Waals surface area contributed by atoms with Gasteiger partial charge in [0.15, 0.2) is 5.60 Å². The molecule has 7 heteroatoms. The van der Waals surface area contributed by atoms with Gasteiger partial charge in [-0.05, 0) is 36.2 Å². The Morgan fingerprint density at radius 2 is 1.71 bits per heavy atom. The van der Waals surface area contributed by atoms with Crippen LogP contribution in [-0.4, -0.2) is 34.3 Å². The number of methoxy groups -OCH3 is 1. The number of rotatable bonds is 7. The van der Waals surface area contributed by atoms with Gasteiger partial charge in [0.25, 0.3) is 0 Å². The molecule has 144 valence electrons. The van der Waals surface area contributed by atoms with E-state index in [1.54, 1.807) is 43.3 Å². The Morgan fingerprint density at radius 1 is 1.07 bits per heavy atom. The maximum absolute atomic E-state index is 13.5. The van der Waals surface area contributed by atoms with Crippen molar-refractivity contribution in [1.29, 1.82) is 0 Å². The lowest BCUT2D eigenvalue weighted by Gasteiger charge is -2.37. The van der Waals surface area contributed by atoms with Crippen LogP contribution in [0, 0.1) is 12.7 Å². The maximum atomic E-state index is 13.5. The van der Waals surface area contributed by atoms with Gasteiger partial charge < -0.3 is 14.6 Å². The van der Waals surface area contributed by atoms with Crippen LogP contribution in [0.2, 0.25) is 0 Å². The zero-order valence-corrected chi connectivity index (χ0v) is 15.4. The average molecular weight is 382 g/mol. The number of halogens is 1. The van der Waals surface area contributed by atoms with Gasteiger partial charge in [-0.2, -0.15) is 0 Å². The molecule has 2 aromatic carbocycles. The van der Waals surface area contributed by atoms with Gasteiger partial charge in [-0.1, -0.05) is 42.5 Å². The minimum absolute atomic E-state index is 0.0909. The topological polar surface area (TPSA) is 81.5 Å². The molecule has 0 amide bonds. The summed E-state index contributed by atoms with van der Waals surface area (Å²) in [5, 5.41) is 10.0. The van der Waals surface area contributed by atoms with Gasteiger partial charge in [-0.25, -0.2) is 19.2 Å². The second-order valence-electron chi connectivity index (χ2n) is 6.13. The summed E-state index contributed by atoms with van der Waals surface area (Å²) in [6.07, 6.45) is -0.0574. The molecule has 0 aliphatic rings. The fraction of sp³-hybridized carbons (Fsp3) is 0.190. The first-order chi connectivity index (χ1) is 13.5. The molecule has 1 heterocycles. The number of carboxylic acids is 1. The predicted octanol–water partition coefficient (Wildman–Crippen LogP) is 3.35. The van der Waals surface area contributed by atoms with Crippen molar-refractivity contribution in [3.8, 4) is 6.01 Å². The molecule has 0 bridgehead atoms. The number of hydrogen-bond donors (Lipinski definition) is 1. The van der Waals surface area contributed by atoms with Crippen LogP contribution in [0.25, 0.3) is 0 Å². The fourth-order valence-electron chi connectivity index (χ4n) is 3.09. The second-order valence-corrected chi connectivity index (χ2v) is 6.13. The first-order valence-electron chi connectivity index (χ1n) is 8.53. The van der Waals surface area contributed by atoms with E-state index in [4.69, 9.17) is 9.47 Å². The van der Waals surface area contributed by atoms with Crippen LogP contribution in [-0.2, 0) is 15.1 Å². The highest BCUT2D eigenvalue weighted by Crippen LogP contribution is 2.38. The van der Waals surface area contributed by atoms with E-state index in [0.29, 0.717) is 16.8 Å². The lowest BCUT2D eigenvalue weighted by atomic mass is 9.81. The Hall–Kier alpha value is -3.32. The van der Waals surface area contributed by atoms with E-state index >= 15 is 0 Å². The Morgan fingerprint density at radius 3 is 2.29 bits per heavy atom. The van der Waals surface area contributed by atoms with Crippen molar-refractivity contribution in [2.45, 2.75) is 18.6 Å². The molecule has 1 aromatic heterocycles. The van der Waals surface area contributed by atoms with E-state index in [0.717, 1.165) is 0 Å². The van der Waals surface area contributed by atoms with Gasteiger partial charge in [-0.15, -0.1) is 0 Å². The molecule has 0 unspecified atom stereocenters. The number of hydrogen-bond acceptors (Lipinski definition) is 5. The minimum atomic E-state index is -1.56. The Bertz CT molecular complexity index is 950. The molecule has 0 aliphatic heterocycles. The quantitative estimate of drug-likeness (QED) is 0.675. The summed E-state index contributed by atoms with van der Waals surface area (Å²) < 4.78 is 25.0. The van der Waals surface area contributed by atoms with E-state index in [2.05, 4.69) is 9.97 Å². The molecule has 2 atom stereocenters. The third-order valence-corrected chi connectivity index (χ3v) is 4.39. The van der Waals surface area contributed by atoms with Crippen LogP contribution >= 0.6 is 0 Å². The maximum Gasteiger partial charge on any atom is 0.348 e. The summed E-state index contributed by atoms with van der Waals surface area (Å²) in [6, 6.07) is 15.8. The van der Waals surface area contributed by atoms with Crippen LogP contribution in [0.5, 0.6) is 6.01 Å². The molecule has 0 aliphatic carbocycles. The van der Waals surface area contributed by atoms with Gasteiger partial charge in [0, 0.05) is 19.0 Å². The van der Waals surface area contributed by atoms with Crippen LogP contribution in [0.4, 0.5) is 4.39 Å². The Balaban J connectivity index is 2.20. The molecular formula is C21H19FN2O4. The third kappa shape index (κ3) is 3.70. The summed E-state index contributed by atoms with van der Waals surface area (Å²) in [5.41, 5.74) is 0.0129. The predicted molar refractivity (Wildman–Crippen MR) is 99.5 cm³/mol. The van der Waals surface area contributed by atoms with Crippen LogP contribution in [0.1, 0.15) is 16.8 Å². The summed E-state index contributed by atoms with van der Waals surface area (Å²) in [5.74, 6) is -1.73. The molecule has 1 N–H and O–H groups in total. The van der Waals surface area contributed by atoms with Crippen molar-refractivity contribution < 1.29 is 23.8 Å². The highest BCUT2D eigenvalue weighted by molar-refractivity contribution is 5.76. The van der Waals surface area contributed by atoms with Crippen molar-refractivity contribution in [1.82, 2.24) is 9.97 Å². The number of ether oxygens (including phenoxy) is 2. The minimum Gasteiger partial charge on any atom is -0.478 e. The van der Waals surface area contributed by atoms with Crippen LogP contribution < -0.4 is 4.74 Å². The largest absolute Gasteiger partial charge is 0.478 e. The van der Waals surface area contributed by atoms with Crippen LogP contribution in [0.3, 0.4) is 0 Å². The van der Waals surface area contributed by atoms with Crippen molar-refractivity contribution in [3.63, 3.8) is 0 Å². The van der Waals surface area contributed by atoms with Crippen molar-refractivity contribution in [2.24, 2.45) is 0 Å². The van der Waals surface area contributed by atoms with Crippen molar-refractivity contribution in [3.05, 3.63) is 89.5 Å². The molecule has 0 fully saturated rings. The third-order valence-electron chi connectivity index (χ3n) is 4.39. The Labute approximate surface area is 161 Å². The summed E-state index contributed by atoms with van der Waals surface area (Å²) >= 11 is 0. The van der Waals surface area contributed by atoms with Gasteiger partial charge in [0.2, 0.25) is 6.10 Å². The van der Waals surface area contributed by atoms with E-state index in [-0.39, 0.29) is 6.01 Å². The summed E-state index contributed by atoms with van der Waals surface area (Å²) in [4.78, 5) is 20.4. The first kappa shape index (κ1) is 19.4. The van der Waals surface area contributed by atoms with E-state index < -0.39 is 23.5 Å². The SMILES string of the molecule is CO[C@](c1ccccc1)(c1ccc(F)cc1)[C@@H](Oc1nccc(C)n1)C(=O)O. The van der Waals surface area contributed by atoms with Gasteiger partial charge in [0.05, 0.1) is 0 Å². The summed E-state index contributed by atoms with van der Waals surface area (Å²) in [6.45, 7) is 1.74. The van der Waals surface area contributed by atoms with Crippen molar-refractivity contribution in [2.75, 3.05) is 7.11 Å². The number of carboxylic acid groups (broad SMARTS) is 1. The van der Waals surface area contributed by atoms with E-state index in [1.165, 1.54) is 37.6 Å². The number of nitrogens with zero attached hydrogens (tertiary/aromatic N) is 2. The molecule has 3 rings (SSSR count). The van der Waals surface area contributed by atoms with E-state index in [1.807, 2.05) is 0 Å². The smallest absolute Gasteiger partial charge is 0.348 e. The highest BCUT2D eigenvalue weighted by Gasteiger charge is 2.49. The van der Waals surface area contributed by atoms with E-state index in [9.17, 15) is 14.3 Å². The monoisotopic (exact) mass is 382 g/mol. The van der Waals surface area contributed by atoms with Crippen LogP contribution in [0.15, 0.2) is 66.9 Å². The standard InChI is InChI=1S/C21H19FN2O4/c1-14-12-13-23-20(24-14)28-18(19(25)26)21(27-2,15-6-4-3-5-7-15)16-8-10-17(22)11-9-16/h3-13,18H,1-2H3,(H,25,26)/t18-,21+/m0/s1. The zero-order valence-electron chi connectivity index (χ0n) is 15.4. The molecule has 0 saturated carbocycles.